The van der Waals surface area contributed by atoms with Crippen molar-refractivity contribution in [3.05, 3.63) is 11.2 Å². The third kappa shape index (κ3) is 2.98. The van der Waals surface area contributed by atoms with Crippen LogP contribution in [-0.4, -0.2) is 40.1 Å². The number of hydrogen-bond donors (Lipinski definition) is 1. The molecule has 1 aliphatic rings. The molecule has 0 spiro atoms. The molecule has 2 rings (SSSR count). The molecule has 0 radical (unpaired) electrons. The van der Waals surface area contributed by atoms with Crippen molar-refractivity contribution in [1.82, 2.24) is 14.1 Å². The van der Waals surface area contributed by atoms with Crippen LogP contribution in [0.5, 0.6) is 0 Å². The fourth-order valence-corrected chi connectivity index (χ4v) is 5.05. The molecule has 1 aliphatic carbocycles. The van der Waals surface area contributed by atoms with E-state index in [1.165, 1.54) is 15.2 Å². The summed E-state index contributed by atoms with van der Waals surface area (Å²) in [4.78, 5) is 0.152. The summed E-state index contributed by atoms with van der Waals surface area (Å²) in [6.45, 7) is 0.0316. The van der Waals surface area contributed by atoms with Crippen molar-refractivity contribution in [3.63, 3.8) is 0 Å². The van der Waals surface area contributed by atoms with Gasteiger partial charge in [0.25, 0.3) is 10.0 Å². The summed E-state index contributed by atoms with van der Waals surface area (Å²) < 4.78 is 28.3. The highest BCUT2D eigenvalue weighted by Gasteiger charge is 2.36. The maximum Gasteiger partial charge on any atom is 0.262 e. The third-order valence-electron chi connectivity index (χ3n) is 3.44. The average Bonchev–Trinajstić information content (AvgIpc) is 2.96. The molecule has 0 saturated heterocycles. The quantitative estimate of drug-likeness (QED) is 0.819. The Morgan fingerprint density at radius 3 is 2.65 bits per heavy atom. The Morgan fingerprint density at radius 2 is 2.20 bits per heavy atom. The van der Waals surface area contributed by atoms with Gasteiger partial charge >= 0.3 is 0 Å². The number of sulfonamides is 1. The van der Waals surface area contributed by atoms with Crippen molar-refractivity contribution in [1.29, 1.82) is 0 Å². The topological polar surface area (TPSA) is 81.2 Å². The van der Waals surface area contributed by atoms with Gasteiger partial charge in [0.05, 0.1) is 22.8 Å². The van der Waals surface area contributed by atoms with E-state index >= 15 is 0 Å². The molecule has 112 valence electrons. The number of aromatic nitrogens is 2. The highest BCUT2D eigenvalue weighted by molar-refractivity contribution is 7.89. The zero-order valence-electron chi connectivity index (χ0n) is 11.1. The van der Waals surface area contributed by atoms with E-state index in [4.69, 9.17) is 29.6 Å². The summed E-state index contributed by atoms with van der Waals surface area (Å²) >= 11 is 10.9. The second kappa shape index (κ2) is 5.97. The number of halogens is 1. The van der Waals surface area contributed by atoms with Gasteiger partial charge in [-0.05, 0) is 12.8 Å². The third-order valence-corrected chi connectivity index (χ3v) is 5.97. The molecule has 9 heteroatoms. The molecule has 6 nitrogen and oxygen atoms in total. The van der Waals surface area contributed by atoms with Crippen molar-refractivity contribution in [2.75, 3.05) is 6.54 Å². The van der Waals surface area contributed by atoms with Crippen LogP contribution in [0.2, 0.25) is 5.02 Å². The van der Waals surface area contributed by atoms with Crippen molar-refractivity contribution in [3.8, 4) is 0 Å². The summed E-state index contributed by atoms with van der Waals surface area (Å²) in [6, 6.07) is -0.0764. The zero-order valence-corrected chi connectivity index (χ0v) is 13.5. The van der Waals surface area contributed by atoms with Crippen LogP contribution in [0, 0.1) is 0 Å². The summed E-state index contributed by atoms with van der Waals surface area (Å²) in [7, 11) is -2.22. The van der Waals surface area contributed by atoms with Gasteiger partial charge in [0, 0.05) is 13.1 Å². The van der Waals surface area contributed by atoms with E-state index in [2.05, 4.69) is 5.10 Å². The molecule has 1 heterocycles. The summed E-state index contributed by atoms with van der Waals surface area (Å²) in [6.07, 6.45) is 4.97. The first-order chi connectivity index (χ1) is 9.34. The molecule has 2 N–H and O–H groups in total. The van der Waals surface area contributed by atoms with Crippen LogP contribution in [0.15, 0.2) is 11.2 Å². The number of nitrogens with zero attached hydrogens (tertiary/aromatic N) is 3. The van der Waals surface area contributed by atoms with Crippen LogP contribution < -0.4 is 5.73 Å². The maximum atomic E-state index is 12.8. The predicted molar refractivity (Wildman–Crippen MR) is 81.2 cm³/mol. The van der Waals surface area contributed by atoms with Crippen molar-refractivity contribution < 1.29 is 8.42 Å². The number of nitrogens with two attached hydrogens (primary N) is 1. The van der Waals surface area contributed by atoms with Gasteiger partial charge in [0.2, 0.25) is 0 Å². The van der Waals surface area contributed by atoms with E-state index < -0.39 is 10.0 Å². The Labute approximate surface area is 128 Å². The predicted octanol–water partition coefficient (Wildman–Crippen LogP) is 1.29. The van der Waals surface area contributed by atoms with E-state index in [1.54, 1.807) is 7.05 Å². The van der Waals surface area contributed by atoms with Crippen LogP contribution in [-0.2, 0) is 17.1 Å². The van der Waals surface area contributed by atoms with Crippen LogP contribution in [0.4, 0.5) is 0 Å². The minimum Gasteiger partial charge on any atom is -0.392 e. The highest BCUT2D eigenvalue weighted by Crippen LogP contribution is 2.30. The van der Waals surface area contributed by atoms with E-state index in [1.807, 2.05) is 0 Å². The van der Waals surface area contributed by atoms with Crippen LogP contribution >= 0.6 is 23.8 Å². The molecule has 0 atom stereocenters. The first-order valence-corrected chi connectivity index (χ1v) is 8.54. The number of rotatable bonds is 5. The lowest BCUT2D eigenvalue weighted by molar-refractivity contribution is 0.351. The van der Waals surface area contributed by atoms with Gasteiger partial charge in [-0.1, -0.05) is 36.7 Å². The molecular weight excluding hydrogens is 320 g/mol. The largest absolute Gasteiger partial charge is 0.392 e. The molecule has 1 fully saturated rings. The number of aryl methyl sites for hydroxylation is 1. The van der Waals surface area contributed by atoms with Gasteiger partial charge in [0.1, 0.15) is 0 Å². The van der Waals surface area contributed by atoms with Crippen molar-refractivity contribution >= 4 is 38.8 Å². The van der Waals surface area contributed by atoms with Gasteiger partial charge in [-0.25, -0.2) is 8.42 Å². The molecule has 1 aromatic heterocycles. The molecule has 0 unspecified atom stereocenters. The second-order valence-electron chi connectivity index (χ2n) is 4.88. The Hall–Kier alpha value is -0.700. The standard InChI is InChI=1S/C11H17ClN4O2S2/c1-15-11(9(12)6-14-15)20(17,18)16(7-10(13)19)8-4-2-3-5-8/h6,8H,2-5,7H2,1H3,(H2,13,19). The van der Waals surface area contributed by atoms with Gasteiger partial charge < -0.3 is 5.73 Å². The number of hydrogen-bond acceptors (Lipinski definition) is 4. The van der Waals surface area contributed by atoms with Crippen LogP contribution in [0.1, 0.15) is 25.7 Å². The normalized spacial score (nSPS) is 16.9. The van der Waals surface area contributed by atoms with Gasteiger partial charge in [-0.3, -0.25) is 4.68 Å². The van der Waals surface area contributed by atoms with E-state index in [0.29, 0.717) is 0 Å². The number of thiocarbonyl (C=S) groups is 1. The Balaban J connectivity index is 2.43. The minimum absolute atomic E-state index is 0.0117. The second-order valence-corrected chi connectivity index (χ2v) is 7.61. The summed E-state index contributed by atoms with van der Waals surface area (Å²) in [5.74, 6) is 0. The monoisotopic (exact) mass is 336 g/mol. The smallest absolute Gasteiger partial charge is 0.262 e. The van der Waals surface area contributed by atoms with Gasteiger partial charge in [-0.15, -0.1) is 0 Å². The SMILES string of the molecule is Cn1ncc(Cl)c1S(=O)(=O)N(CC(N)=S)C1CCCC1. The van der Waals surface area contributed by atoms with Crippen LogP contribution in [0.3, 0.4) is 0 Å². The summed E-state index contributed by atoms with van der Waals surface area (Å²) in [5.41, 5.74) is 5.56. The fraction of sp³-hybridized carbons (Fsp3) is 0.636. The minimum atomic E-state index is -3.76. The Bertz CT molecular complexity index is 588. The Kier molecular flexibility index (Phi) is 4.68. The average molecular weight is 337 g/mol. The molecule has 1 saturated carbocycles. The molecule has 0 amide bonds. The van der Waals surface area contributed by atoms with Crippen molar-refractivity contribution in [2.24, 2.45) is 12.8 Å². The van der Waals surface area contributed by atoms with Crippen LogP contribution in [0.25, 0.3) is 0 Å². The van der Waals surface area contributed by atoms with Gasteiger partial charge in [-0.2, -0.15) is 9.40 Å². The molecule has 1 aromatic rings. The lowest BCUT2D eigenvalue weighted by atomic mass is 10.2. The van der Waals surface area contributed by atoms with Crippen molar-refractivity contribution in [2.45, 2.75) is 36.8 Å². The lowest BCUT2D eigenvalue weighted by Gasteiger charge is -2.27. The van der Waals surface area contributed by atoms with Gasteiger partial charge in [0.15, 0.2) is 5.03 Å². The van der Waals surface area contributed by atoms with E-state index in [0.717, 1.165) is 25.7 Å². The fourth-order valence-electron chi connectivity index (χ4n) is 2.56. The molecule has 0 aromatic carbocycles. The summed E-state index contributed by atoms with van der Waals surface area (Å²) in [5, 5.41) is 3.98. The zero-order chi connectivity index (χ0) is 14.9. The highest BCUT2D eigenvalue weighted by atomic mass is 35.5. The first kappa shape index (κ1) is 15.7. The van der Waals surface area contributed by atoms with E-state index in [9.17, 15) is 8.42 Å². The lowest BCUT2D eigenvalue weighted by Crippen LogP contribution is -2.44. The van der Waals surface area contributed by atoms with E-state index in [-0.39, 0.29) is 27.6 Å². The maximum absolute atomic E-state index is 12.8. The molecule has 20 heavy (non-hydrogen) atoms. The molecular formula is C11H17ClN4O2S2. The molecule has 0 bridgehead atoms. The Morgan fingerprint density at radius 1 is 1.60 bits per heavy atom. The first-order valence-electron chi connectivity index (χ1n) is 6.31. The molecule has 0 aliphatic heterocycles.